The SMILES string of the molecule is C=CCNC(=O)NC(=O)CN1CCNCC1c1cccc(F)c1.Cl. The maximum atomic E-state index is 13.4. The molecule has 24 heavy (non-hydrogen) atoms. The molecule has 3 N–H and O–H groups in total. The van der Waals surface area contributed by atoms with Crippen molar-refractivity contribution in [2.75, 3.05) is 32.7 Å². The number of piperazine rings is 1. The molecule has 0 saturated carbocycles. The van der Waals surface area contributed by atoms with Gasteiger partial charge in [0.15, 0.2) is 0 Å². The number of hydrogen-bond acceptors (Lipinski definition) is 4. The van der Waals surface area contributed by atoms with E-state index in [1.807, 2.05) is 11.0 Å². The monoisotopic (exact) mass is 356 g/mol. The largest absolute Gasteiger partial charge is 0.334 e. The van der Waals surface area contributed by atoms with Gasteiger partial charge in [0.1, 0.15) is 5.82 Å². The van der Waals surface area contributed by atoms with Gasteiger partial charge in [0.2, 0.25) is 5.91 Å². The number of urea groups is 1. The van der Waals surface area contributed by atoms with E-state index < -0.39 is 11.9 Å². The van der Waals surface area contributed by atoms with Crippen LogP contribution in [0.5, 0.6) is 0 Å². The summed E-state index contributed by atoms with van der Waals surface area (Å²) < 4.78 is 13.4. The number of hydrogen-bond donors (Lipinski definition) is 3. The number of halogens is 2. The summed E-state index contributed by atoms with van der Waals surface area (Å²) in [6.07, 6.45) is 1.53. The Morgan fingerprint density at radius 3 is 2.96 bits per heavy atom. The summed E-state index contributed by atoms with van der Waals surface area (Å²) in [5.74, 6) is -0.698. The highest BCUT2D eigenvalue weighted by Gasteiger charge is 2.26. The van der Waals surface area contributed by atoms with Crippen LogP contribution in [0, 0.1) is 5.82 Å². The van der Waals surface area contributed by atoms with Crippen LogP contribution in [0.15, 0.2) is 36.9 Å². The van der Waals surface area contributed by atoms with Crippen LogP contribution in [0.2, 0.25) is 0 Å². The third-order valence-electron chi connectivity index (χ3n) is 3.59. The van der Waals surface area contributed by atoms with Gasteiger partial charge in [-0.2, -0.15) is 0 Å². The molecule has 1 atom stereocenters. The van der Waals surface area contributed by atoms with Crippen LogP contribution >= 0.6 is 12.4 Å². The zero-order chi connectivity index (χ0) is 16.7. The summed E-state index contributed by atoms with van der Waals surface area (Å²) in [5, 5.41) is 7.99. The molecule has 8 heteroatoms. The van der Waals surface area contributed by atoms with Crippen molar-refractivity contribution in [3.05, 3.63) is 48.3 Å². The summed E-state index contributed by atoms with van der Waals surface area (Å²) >= 11 is 0. The minimum atomic E-state index is -0.549. The van der Waals surface area contributed by atoms with Crippen molar-refractivity contribution < 1.29 is 14.0 Å². The Labute approximate surface area is 146 Å². The molecule has 132 valence electrons. The Kier molecular flexibility index (Phi) is 8.39. The van der Waals surface area contributed by atoms with Crippen LogP contribution in [-0.4, -0.2) is 49.6 Å². The molecule has 3 amide bonds. The lowest BCUT2D eigenvalue weighted by Gasteiger charge is -2.35. The van der Waals surface area contributed by atoms with E-state index in [9.17, 15) is 14.0 Å². The van der Waals surface area contributed by atoms with E-state index in [4.69, 9.17) is 0 Å². The second-order valence-electron chi connectivity index (χ2n) is 5.29. The number of imide groups is 1. The number of nitrogens with zero attached hydrogens (tertiary/aromatic N) is 1. The van der Waals surface area contributed by atoms with Crippen LogP contribution in [0.3, 0.4) is 0 Å². The topological polar surface area (TPSA) is 73.5 Å². The van der Waals surface area contributed by atoms with Crippen LogP contribution in [0.25, 0.3) is 0 Å². The molecule has 2 rings (SSSR count). The maximum Gasteiger partial charge on any atom is 0.321 e. The molecular weight excluding hydrogens is 335 g/mol. The van der Waals surface area contributed by atoms with Crippen molar-refractivity contribution in [3.63, 3.8) is 0 Å². The molecular formula is C16H22ClFN4O2. The van der Waals surface area contributed by atoms with E-state index in [0.29, 0.717) is 19.6 Å². The molecule has 0 bridgehead atoms. The van der Waals surface area contributed by atoms with E-state index in [0.717, 1.165) is 12.1 Å². The molecule has 0 radical (unpaired) electrons. The molecule has 1 aliphatic rings. The lowest BCUT2D eigenvalue weighted by Crippen LogP contribution is -2.51. The number of nitrogens with one attached hydrogen (secondary N) is 3. The third kappa shape index (κ3) is 5.92. The average molecular weight is 357 g/mol. The Hall–Kier alpha value is -1.96. The lowest BCUT2D eigenvalue weighted by molar-refractivity contribution is -0.122. The van der Waals surface area contributed by atoms with Crippen molar-refractivity contribution in [1.82, 2.24) is 20.9 Å². The first-order chi connectivity index (χ1) is 11.1. The summed E-state index contributed by atoms with van der Waals surface area (Å²) in [6, 6.07) is 5.69. The molecule has 1 saturated heterocycles. The molecule has 1 fully saturated rings. The molecule has 1 aromatic rings. The number of benzene rings is 1. The normalized spacial score (nSPS) is 17.5. The van der Waals surface area contributed by atoms with Gasteiger partial charge in [-0.05, 0) is 17.7 Å². The van der Waals surface area contributed by atoms with E-state index in [-0.39, 0.29) is 30.8 Å². The van der Waals surface area contributed by atoms with Gasteiger partial charge >= 0.3 is 6.03 Å². The number of carbonyl (C=O) groups excluding carboxylic acids is 2. The van der Waals surface area contributed by atoms with Crippen molar-refractivity contribution in [3.8, 4) is 0 Å². The molecule has 0 aromatic heterocycles. The second-order valence-corrected chi connectivity index (χ2v) is 5.29. The van der Waals surface area contributed by atoms with E-state index >= 15 is 0 Å². The summed E-state index contributed by atoms with van der Waals surface area (Å²) in [6.45, 7) is 5.85. The van der Waals surface area contributed by atoms with Crippen LogP contribution < -0.4 is 16.0 Å². The summed E-state index contributed by atoms with van der Waals surface area (Å²) in [7, 11) is 0. The highest BCUT2D eigenvalue weighted by molar-refractivity contribution is 5.95. The fourth-order valence-electron chi connectivity index (χ4n) is 2.54. The Bertz CT molecular complexity index is 585. The Morgan fingerprint density at radius 1 is 1.46 bits per heavy atom. The molecule has 1 aromatic carbocycles. The fourth-order valence-corrected chi connectivity index (χ4v) is 2.54. The first kappa shape index (κ1) is 20.1. The van der Waals surface area contributed by atoms with Gasteiger partial charge in [0, 0.05) is 32.2 Å². The highest BCUT2D eigenvalue weighted by Crippen LogP contribution is 2.22. The molecule has 0 aliphatic carbocycles. The van der Waals surface area contributed by atoms with E-state index in [2.05, 4.69) is 22.5 Å². The van der Waals surface area contributed by atoms with Crippen LogP contribution in [0.4, 0.5) is 9.18 Å². The van der Waals surface area contributed by atoms with E-state index in [1.165, 1.54) is 18.2 Å². The molecule has 1 heterocycles. The minimum Gasteiger partial charge on any atom is -0.334 e. The number of amides is 3. The molecule has 6 nitrogen and oxygen atoms in total. The Morgan fingerprint density at radius 2 is 2.25 bits per heavy atom. The predicted molar refractivity (Wildman–Crippen MR) is 92.6 cm³/mol. The highest BCUT2D eigenvalue weighted by atomic mass is 35.5. The lowest BCUT2D eigenvalue weighted by atomic mass is 10.0. The van der Waals surface area contributed by atoms with Gasteiger partial charge in [-0.15, -0.1) is 19.0 Å². The zero-order valence-electron chi connectivity index (χ0n) is 13.3. The van der Waals surface area contributed by atoms with Crippen LogP contribution in [-0.2, 0) is 4.79 Å². The zero-order valence-corrected chi connectivity index (χ0v) is 14.1. The maximum absolute atomic E-state index is 13.4. The predicted octanol–water partition coefficient (Wildman–Crippen LogP) is 1.21. The van der Waals surface area contributed by atoms with Gasteiger partial charge in [-0.25, -0.2) is 9.18 Å². The van der Waals surface area contributed by atoms with Gasteiger partial charge < -0.3 is 10.6 Å². The van der Waals surface area contributed by atoms with Gasteiger partial charge in [-0.1, -0.05) is 18.2 Å². The summed E-state index contributed by atoms with van der Waals surface area (Å²) in [5.41, 5.74) is 0.807. The van der Waals surface area contributed by atoms with Crippen molar-refractivity contribution in [1.29, 1.82) is 0 Å². The molecule has 1 aliphatic heterocycles. The third-order valence-corrected chi connectivity index (χ3v) is 3.59. The van der Waals surface area contributed by atoms with Crippen molar-refractivity contribution in [2.24, 2.45) is 0 Å². The van der Waals surface area contributed by atoms with E-state index in [1.54, 1.807) is 6.07 Å². The van der Waals surface area contributed by atoms with Crippen LogP contribution in [0.1, 0.15) is 11.6 Å². The summed E-state index contributed by atoms with van der Waals surface area (Å²) in [4.78, 5) is 25.4. The molecule has 1 unspecified atom stereocenters. The van der Waals surface area contributed by atoms with Crippen molar-refractivity contribution >= 4 is 24.3 Å². The smallest absolute Gasteiger partial charge is 0.321 e. The van der Waals surface area contributed by atoms with Gasteiger partial charge in [0.05, 0.1) is 6.54 Å². The van der Waals surface area contributed by atoms with Gasteiger partial charge in [-0.3, -0.25) is 15.0 Å². The van der Waals surface area contributed by atoms with Crippen molar-refractivity contribution in [2.45, 2.75) is 6.04 Å². The standard InChI is InChI=1S/C16H21FN4O2.ClH/c1-2-6-19-16(23)20-15(22)11-21-8-7-18-10-14(21)12-4-3-5-13(17)9-12;/h2-5,9,14,18H,1,6-8,10-11H2,(H2,19,20,22,23);1H. The van der Waals surface area contributed by atoms with Gasteiger partial charge in [0.25, 0.3) is 0 Å². The number of rotatable bonds is 5. The average Bonchev–Trinajstić information content (AvgIpc) is 2.53. The second kappa shape index (κ2) is 10.0. The quantitative estimate of drug-likeness (QED) is 0.693. The minimum absolute atomic E-state index is 0. The fraction of sp³-hybridized carbons (Fsp3) is 0.375. The first-order valence-electron chi connectivity index (χ1n) is 7.49. The Balaban J connectivity index is 0.00000288. The first-order valence-corrected chi connectivity index (χ1v) is 7.49. The molecule has 0 spiro atoms. The number of carbonyl (C=O) groups is 2.